The third kappa shape index (κ3) is 4.07. The predicted octanol–water partition coefficient (Wildman–Crippen LogP) is 3.96. The minimum Gasteiger partial charge on any atom is -0.493 e. The van der Waals surface area contributed by atoms with Crippen LogP contribution in [0.15, 0.2) is 47.8 Å². The maximum absolute atomic E-state index is 10.9. The summed E-state index contributed by atoms with van der Waals surface area (Å²) < 4.78 is 10.4. The van der Waals surface area contributed by atoms with E-state index in [0.717, 1.165) is 5.17 Å². The van der Waals surface area contributed by atoms with Crippen molar-refractivity contribution in [3.63, 3.8) is 0 Å². The lowest BCUT2D eigenvalue weighted by molar-refractivity contribution is -0.384. The second-order valence-corrected chi connectivity index (χ2v) is 6.17. The van der Waals surface area contributed by atoms with Gasteiger partial charge in [0.1, 0.15) is 0 Å². The summed E-state index contributed by atoms with van der Waals surface area (Å²) in [5, 5.41) is 24.1. The van der Waals surface area contributed by atoms with Crippen LogP contribution in [0.3, 0.4) is 0 Å². The van der Waals surface area contributed by atoms with Gasteiger partial charge in [0.05, 0.1) is 30.5 Å². The molecule has 2 N–H and O–H groups in total. The summed E-state index contributed by atoms with van der Waals surface area (Å²) in [5.41, 5.74) is 4.32. The zero-order valence-electron chi connectivity index (χ0n) is 14.4. The fourth-order valence-electron chi connectivity index (χ4n) is 2.35. The minimum atomic E-state index is -0.457. The molecule has 27 heavy (non-hydrogen) atoms. The van der Waals surface area contributed by atoms with Crippen molar-refractivity contribution in [1.82, 2.24) is 4.98 Å². The van der Waals surface area contributed by atoms with Crippen molar-refractivity contribution in [3.05, 3.63) is 58.0 Å². The van der Waals surface area contributed by atoms with Crippen LogP contribution in [0.4, 0.5) is 16.5 Å². The maximum Gasteiger partial charge on any atom is 0.270 e. The number of aromatic nitrogens is 1. The van der Waals surface area contributed by atoms with Gasteiger partial charge in [0.15, 0.2) is 11.5 Å². The Bertz CT molecular complexity index is 962. The van der Waals surface area contributed by atoms with Crippen LogP contribution in [-0.4, -0.2) is 29.3 Å². The van der Waals surface area contributed by atoms with Crippen molar-refractivity contribution in [2.75, 3.05) is 24.8 Å². The number of anilines is 2. The summed E-state index contributed by atoms with van der Waals surface area (Å²) in [6, 6.07) is 11.1. The molecule has 2 aromatic carbocycles. The van der Waals surface area contributed by atoms with Crippen LogP contribution >= 0.6 is 11.3 Å². The number of nitrogens with one attached hydrogen (secondary N) is 1. The minimum absolute atomic E-state index is 0.0101. The Balaban J connectivity index is 1.77. The number of nitro benzene ring substituents is 1. The summed E-state index contributed by atoms with van der Waals surface area (Å²) in [6.45, 7) is 0. The van der Waals surface area contributed by atoms with Gasteiger partial charge >= 0.3 is 0 Å². The summed E-state index contributed by atoms with van der Waals surface area (Å²) in [5.74, 6) is 1.00. The van der Waals surface area contributed by atoms with E-state index < -0.39 is 4.92 Å². The highest BCUT2D eigenvalue weighted by molar-refractivity contribution is 7.14. The first kappa shape index (κ1) is 18.4. The number of nitro groups is 1. The molecule has 0 saturated heterocycles. The number of non-ortho nitro benzene ring substituents is 1. The quantitative estimate of drug-likeness (QED) is 0.462. The van der Waals surface area contributed by atoms with Gasteiger partial charge in [-0.1, -0.05) is 12.1 Å². The monoisotopic (exact) mass is 388 g/mol. The number of methoxy groups -OCH3 is 2. The van der Waals surface area contributed by atoms with E-state index in [2.05, 4.69) is 10.4 Å². The number of rotatable bonds is 7. The molecule has 0 bridgehead atoms. The predicted molar refractivity (Wildman–Crippen MR) is 102 cm³/mol. The molecule has 0 amide bonds. The molecular formula is C17H16N4O5S. The van der Waals surface area contributed by atoms with Gasteiger partial charge < -0.3 is 9.47 Å². The Labute approximate surface area is 158 Å². The van der Waals surface area contributed by atoms with Crippen molar-refractivity contribution in [2.24, 2.45) is 0 Å². The molecule has 0 aliphatic carbocycles. The topological polar surface area (TPSA) is 110 Å². The van der Waals surface area contributed by atoms with Crippen LogP contribution in [0.25, 0.3) is 11.3 Å². The highest BCUT2D eigenvalue weighted by atomic mass is 32.1. The van der Waals surface area contributed by atoms with Gasteiger partial charge in [-0.15, -0.1) is 11.3 Å². The molecule has 0 saturated carbocycles. The first-order valence-corrected chi connectivity index (χ1v) is 8.58. The molecule has 1 heterocycles. The van der Waals surface area contributed by atoms with Gasteiger partial charge in [-0.2, -0.15) is 5.17 Å². The van der Waals surface area contributed by atoms with Crippen molar-refractivity contribution in [2.45, 2.75) is 0 Å². The van der Waals surface area contributed by atoms with E-state index >= 15 is 0 Å². The van der Waals surface area contributed by atoms with E-state index in [9.17, 15) is 15.3 Å². The summed E-state index contributed by atoms with van der Waals surface area (Å²) in [7, 11) is 3.03. The Hall–Kier alpha value is -3.37. The number of hydrogen-bond donors (Lipinski definition) is 2. The number of hydrazine groups is 1. The van der Waals surface area contributed by atoms with E-state index in [-0.39, 0.29) is 5.69 Å². The van der Waals surface area contributed by atoms with E-state index in [1.807, 2.05) is 0 Å². The first-order chi connectivity index (χ1) is 13.0. The average Bonchev–Trinajstić information content (AvgIpc) is 3.15. The number of hydrogen-bond acceptors (Lipinski definition) is 9. The molecule has 0 atom stereocenters. The molecule has 140 valence electrons. The Morgan fingerprint density at radius 3 is 2.67 bits per heavy atom. The molecular weight excluding hydrogens is 372 g/mol. The van der Waals surface area contributed by atoms with E-state index in [4.69, 9.17) is 9.47 Å². The zero-order chi connectivity index (χ0) is 19.4. The van der Waals surface area contributed by atoms with Crippen LogP contribution < -0.4 is 20.1 Å². The van der Waals surface area contributed by atoms with E-state index in [1.54, 1.807) is 35.7 Å². The van der Waals surface area contributed by atoms with Crippen molar-refractivity contribution >= 4 is 27.8 Å². The summed E-state index contributed by atoms with van der Waals surface area (Å²) in [6.07, 6.45) is 0. The highest BCUT2D eigenvalue weighted by Gasteiger charge is 2.13. The molecule has 0 aliphatic heterocycles. The third-order valence-electron chi connectivity index (χ3n) is 3.67. The fraction of sp³-hybridized carbons (Fsp3) is 0.118. The molecule has 0 radical (unpaired) electrons. The number of ether oxygens (including phenoxy) is 2. The maximum atomic E-state index is 10.9. The highest BCUT2D eigenvalue weighted by Crippen LogP contribution is 2.32. The van der Waals surface area contributed by atoms with Crippen LogP contribution in [0.5, 0.6) is 11.5 Å². The van der Waals surface area contributed by atoms with E-state index in [1.165, 1.54) is 37.7 Å². The van der Waals surface area contributed by atoms with Gasteiger partial charge in [-0.3, -0.25) is 15.3 Å². The average molecular weight is 388 g/mol. The number of benzene rings is 2. The van der Waals surface area contributed by atoms with Crippen LogP contribution in [0, 0.1) is 10.1 Å². The third-order valence-corrected chi connectivity index (χ3v) is 4.42. The molecule has 10 heteroatoms. The second kappa shape index (κ2) is 7.89. The lowest BCUT2D eigenvalue weighted by Gasteiger charge is -2.18. The van der Waals surface area contributed by atoms with Crippen molar-refractivity contribution < 1.29 is 19.6 Å². The second-order valence-electron chi connectivity index (χ2n) is 5.31. The Morgan fingerprint density at radius 2 is 1.96 bits per heavy atom. The molecule has 3 aromatic rings. The van der Waals surface area contributed by atoms with Gasteiger partial charge in [-0.25, -0.2) is 10.4 Å². The largest absolute Gasteiger partial charge is 0.493 e. The van der Waals surface area contributed by atoms with Crippen molar-refractivity contribution in [3.8, 4) is 22.8 Å². The Morgan fingerprint density at radius 1 is 1.19 bits per heavy atom. The van der Waals surface area contributed by atoms with E-state index in [0.29, 0.717) is 33.6 Å². The smallest absolute Gasteiger partial charge is 0.270 e. The van der Waals surface area contributed by atoms with Gasteiger partial charge in [0.25, 0.3) is 5.69 Å². The van der Waals surface area contributed by atoms with Crippen LogP contribution in [0.2, 0.25) is 0 Å². The molecule has 0 fully saturated rings. The molecule has 1 aromatic heterocycles. The molecule has 9 nitrogen and oxygen atoms in total. The van der Waals surface area contributed by atoms with Crippen LogP contribution in [0.1, 0.15) is 0 Å². The summed E-state index contributed by atoms with van der Waals surface area (Å²) >= 11 is 1.25. The number of nitrogens with zero attached hydrogens (tertiary/aromatic N) is 3. The van der Waals surface area contributed by atoms with Gasteiger partial charge in [0, 0.05) is 29.1 Å². The van der Waals surface area contributed by atoms with Gasteiger partial charge in [0.2, 0.25) is 5.13 Å². The molecule has 0 aliphatic rings. The van der Waals surface area contributed by atoms with Gasteiger partial charge in [-0.05, 0) is 12.1 Å². The lowest BCUT2D eigenvalue weighted by Crippen LogP contribution is -2.25. The first-order valence-electron chi connectivity index (χ1n) is 7.70. The molecule has 0 spiro atoms. The standard InChI is InChI=1S/C17H16N4O5S/c1-25-15-7-6-12(9-16(15)26-2)20(22)19-17-18-14(10-27-17)11-4-3-5-13(8-11)21(23)24/h3-10,22H,1-2H3,(H,18,19). The zero-order valence-corrected chi connectivity index (χ0v) is 15.3. The molecule has 0 unspecified atom stereocenters. The van der Waals surface area contributed by atoms with Crippen molar-refractivity contribution in [1.29, 1.82) is 0 Å². The fourth-order valence-corrected chi connectivity index (χ4v) is 3.05. The summed E-state index contributed by atoms with van der Waals surface area (Å²) in [4.78, 5) is 14.8. The Kier molecular flexibility index (Phi) is 5.38. The molecule has 3 rings (SSSR count). The van der Waals surface area contributed by atoms with Crippen LogP contribution in [-0.2, 0) is 0 Å². The SMILES string of the molecule is COc1ccc(N(O)Nc2nc(-c3cccc([N+](=O)[O-])c3)cs2)cc1OC. The number of thiazole rings is 1. The normalized spacial score (nSPS) is 10.3. The lowest BCUT2D eigenvalue weighted by atomic mass is 10.1.